The van der Waals surface area contributed by atoms with E-state index in [9.17, 15) is 18.8 Å². The number of hydrogen-bond donors (Lipinski definition) is 1. The van der Waals surface area contributed by atoms with Crippen molar-refractivity contribution >= 4 is 16.9 Å². The molecule has 0 fully saturated rings. The number of benzene rings is 2. The minimum atomic E-state index is -0.683. The fourth-order valence-electron chi connectivity index (χ4n) is 3.30. The topological polar surface area (TPSA) is 98.9 Å². The van der Waals surface area contributed by atoms with Crippen LogP contribution < -0.4 is 16.6 Å². The van der Waals surface area contributed by atoms with Gasteiger partial charge < -0.3 is 5.32 Å². The molecule has 8 nitrogen and oxygen atoms in total. The molecule has 0 aliphatic rings. The molecule has 0 aliphatic carbocycles. The summed E-state index contributed by atoms with van der Waals surface area (Å²) in [6, 6.07) is 13.6. The first-order valence-electron chi connectivity index (χ1n) is 9.89. The summed E-state index contributed by atoms with van der Waals surface area (Å²) in [6.07, 6.45) is 1.35. The third-order valence-corrected chi connectivity index (χ3v) is 5.13. The molecule has 1 amide bonds. The van der Waals surface area contributed by atoms with E-state index in [1.807, 2.05) is 31.2 Å². The van der Waals surface area contributed by atoms with Crippen molar-refractivity contribution in [2.75, 3.05) is 0 Å². The van der Waals surface area contributed by atoms with Crippen LogP contribution >= 0.6 is 0 Å². The predicted molar refractivity (Wildman–Crippen MR) is 117 cm³/mol. The summed E-state index contributed by atoms with van der Waals surface area (Å²) in [6.45, 7) is 1.40. The first kappa shape index (κ1) is 21.1. The molecule has 1 N–H and O–H groups in total. The molecule has 0 atom stereocenters. The van der Waals surface area contributed by atoms with Crippen LogP contribution in [-0.4, -0.2) is 25.0 Å². The van der Waals surface area contributed by atoms with Gasteiger partial charge in [0.05, 0.1) is 0 Å². The molecule has 0 spiro atoms. The maximum absolute atomic E-state index is 13.7. The van der Waals surface area contributed by atoms with Crippen LogP contribution in [0.1, 0.15) is 11.1 Å². The van der Waals surface area contributed by atoms with E-state index in [4.69, 9.17) is 0 Å². The minimum Gasteiger partial charge on any atom is -0.350 e. The predicted octanol–water partition coefficient (Wildman–Crippen LogP) is 1.92. The Balaban J connectivity index is 1.64. The third-order valence-electron chi connectivity index (χ3n) is 5.13. The maximum atomic E-state index is 13.7. The van der Waals surface area contributed by atoms with Crippen molar-refractivity contribution < 1.29 is 9.18 Å². The molecule has 9 heteroatoms. The van der Waals surface area contributed by atoms with Gasteiger partial charge in [-0.25, -0.2) is 19.2 Å². The molecule has 2 aromatic carbocycles. The molecule has 2 heterocycles. The van der Waals surface area contributed by atoms with Gasteiger partial charge in [0.15, 0.2) is 11.5 Å². The summed E-state index contributed by atoms with van der Waals surface area (Å²) in [5.74, 6) is -0.663. The van der Waals surface area contributed by atoms with Crippen molar-refractivity contribution in [3.8, 4) is 11.4 Å². The average molecular weight is 433 g/mol. The minimum absolute atomic E-state index is 0.0584. The normalized spacial score (nSPS) is 11.0. The Morgan fingerprint density at radius 2 is 1.81 bits per heavy atom. The number of carbonyl (C=O) groups excluding carboxylic acids is 1. The molecule has 162 valence electrons. The van der Waals surface area contributed by atoms with Gasteiger partial charge in [-0.3, -0.25) is 18.7 Å². The average Bonchev–Trinajstić information content (AvgIpc) is 2.80. The lowest BCUT2D eigenvalue weighted by Crippen LogP contribution is -2.43. The number of nitrogens with zero attached hydrogens (tertiary/aromatic N) is 4. The zero-order chi connectivity index (χ0) is 22.8. The number of hydrogen-bond acceptors (Lipinski definition) is 5. The number of aryl methyl sites for hydroxylation is 2. The van der Waals surface area contributed by atoms with E-state index in [2.05, 4.69) is 15.3 Å². The standard InChI is InChI=1S/C23H20FN5O3/c1-14-7-9-15(10-8-14)20-26-12-17-21(27-20)28(2)23(32)29(22(17)31)13-19(30)25-11-16-5-3-4-6-18(16)24/h3-10,12H,11,13H2,1-2H3,(H,25,30). The van der Waals surface area contributed by atoms with Crippen LogP contribution in [0.25, 0.3) is 22.4 Å². The highest BCUT2D eigenvalue weighted by Crippen LogP contribution is 2.17. The van der Waals surface area contributed by atoms with Gasteiger partial charge in [-0.05, 0) is 13.0 Å². The monoisotopic (exact) mass is 433 g/mol. The number of halogens is 1. The largest absolute Gasteiger partial charge is 0.350 e. The van der Waals surface area contributed by atoms with Crippen molar-refractivity contribution in [2.24, 2.45) is 7.05 Å². The van der Waals surface area contributed by atoms with Crippen molar-refractivity contribution in [3.63, 3.8) is 0 Å². The van der Waals surface area contributed by atoms with Gasteiger partial charge >= 0.3 is 5.69 Å². The fourth-order valence-corrected chi connectivity index (χ4v) is 3.30. The van der Waals surface area contributed by atoms with Gasteiger partial charge in [-0.15, -0.1) is 0 Å². The summed E-state index contributed by atoms with van der Waals surface area (Å²) >= 11 is 0. The number of aromatic nitrogens is 4. The zero-order valence-electron chi connectivity index (χ0n) is 17.5. The molecular weight excluding hydrogens is 413 g/mol. The third kappa shape index (κ3) is 4.04. The lowest BCUT2D eigenvalue weighted by molar-refractivity contribution is -0.121. The van der Waals surface area contributed by atoms with Crippen LogP contribution in [-0.2, 0) is 24.9 Å². The van der Waals surface area contributed by atoms with E-state index >= 15 is 0 Å². The lowest BCUT2D eigenvalue weighted by atomic mass is 10.1. The Kier molecular flexibility index (Phi) is 5.63. The highest BCUT2D eigenvalue weighted by molar-refractivity contribution is 5.78. The highest BCUT2D eigenvalue weighted by Gasteiger charge is 2.16. The Morgan fingerprint density at radius 1 is 1.09 bits per heavy atom. The van der Waals surface area contributed by atoms with Gasteiger partial charge in [-0.2, -0.15) is 0 Å². The van der Waals surface area contributed by atoms with Crippen molar-refractivity contribution in [1.29, 1.82) is 0 Å². The van der Waals surface area contributed by atoms with Gasteiger partial charge in [0, 0.05) is 30.9 Å². The quantitative estimate of drug-likeness (QED) is 0.519. The summed E-state index contributed by atoms with van der Waals surface area (Å²) in [4.78, 5) is 46.7. The molecule has 2 aromatic heterocycles. The molecule has 0 bridgehead atoms. The molecule has 0 saturated heterocycles. The number of nitrogens with one attached hydrogen (secondary N) is 1. The number of carbonyl (C=O) groups is 1. The summed E-state index contributed by atoms with van der Waals surface area (Å²) in [5, 5.41) is 2.64. The molecule has 0 radical (unpaired) electrons. The van der Waals surface area contributed by atoms with Crippen molar-refractivity contribution in [1.82, 2.24) is 24.4 Å². The number of amides is 1. The second-order valence-corrected chi connectivity index (χ2v) is 7.40. The van der Waals surface area contributed by atoms with E-state index in [1.54, 1.807) is 18.2 Å². The van der Waals surface area contributed by atoms with Crippen LogP contribution in [0.3, 0.4) is 0 Å². The van der Waals surface area contributed by atoms with Crippen LogP contribution in [0.15, 0.2) is 64.3 Å². The zero-order valence-corrected chi connectivity index (χ0v) is 17.5. The Hall–Kier alpha value is -4.14. The van der Waals surface area contributed by atoms with Gasteiger partial charge in [0.2, 0.25) is 5.91 Å². The summed E-state index contributed by atoms with van der Waals surface area (Å²) in [5.41, 5.74) is 0.960. The van der Waals surface area contributed by atoms with Crippen LogP contribution in [0, 0.1) is 12.7 Å². The number of rotatable bonds is 5. The first-order chi connectivity index (χ1) is 15.3. The van der Waals surface area contributed by atoms with Gasteiger partial charge in [0.25, 0.3) is 5.56 Å². The Morgan fingerprint density at radius 3 is 2.53 bits per heavy atom. The smallest absolute Gasteiger partial charge is 0.332 e. The SMILES string of the molecule is Cc1ccc(-c2ncc3c(=O)n(CC(=O)NCc4ccccc4F)c(=O)n(C)c3n2)cc1. The van der Waals surface area contributed by atoms with Crippen LogP contribution in [0.2, 0.25) is 0 Å². The van der Waals surface area contributed by atoms with Crippen molar-refractivity contribution in [3.05, 3.63) is 92.5 Å². The number of fused-ring (bicyclic) bond motifs is 1. The molecule has 0 unspecified atom stereocenters. The fraction of sp³-hybridized carbons (Fsp3) is 0.174. The lowest BCUT2D eigenvalue weighted by Gasteiger charge is -2.11. The van der Waals surface area contributed by atoms with Gasteiger partial charge in [0.1, 0.15) is 17.7 Å². The van der Waals surface area contributed by atoms with Crippen molar-refractivity contribution in [2.45, 2.75) is 20.0 Å². The van der Waals surface area contributed by atoms with Crippen LogP contribution in [0.5, 0.6) is 0 Å². The summed E-state index contributed by atoms with van der Waals surface area (Å²) < 4.78 is 15.7. The molecule has 4 rings (SSSR count). The second kappa shape index (κ2) is 8.54. The Bertz CT molecular complexity index is 1440. The molecule has 0 saturated carbocycles. The van der Waals surface area contributed by atoms with E-state index in [0.717, 1.165) is 15.7 Å². The molecule has 4 aromatic rings. The van der Waals surface area contributed by atoms with Gasteiger partial charge in [-0.1, -0.05) is 48.0 Å². The summed E-state index contributed by atoms with van der Waals surface area (Å²) in [7, 11) is 1.48. The molecule has 0 aliphatic heterocycles. The second-order valence-electron chi connectivity index (χ2n) is 7.40. The molecule has 32 heavy (non-hydrogen) atoms. The highest BCUT2D eigenvalue weighted by atomic mass is 19.1. The maximum Gasteiger partial charge on any atom is 0.332 e. The van der Waals surface area contributed by atoms with E-state index < -0.39 is 29.5 Å². The van der Waals surface area contributed by atoms with E-state index in [-0.39, 0.29) is 17.6 Å². The van der Waals surface area contributed by atoms with E-state index in [0.29, 0.717) is 11.4 Å². The van der Waals surface area contributed by atoms with Crippen LogP contribution in [0.4, 0.5) is 4.39 Å². The Labute approximate surface area is 182 Å². The molecular formula is C23H20FN5O3. The first-order valence-corrected chi connectivity index (χ1v) is 9.89. The van der Waals surface area contributed by atoms with E-state index in [1.165, 1.54) is 23.9 Å².